The zero-order chi connectivity index (χ0) is 12.6. The molecule has 1 atom stereocenters. The fourth-order valence-electron chi connectivity index (χ4n) is 1.90. The van der Waals surface area contributed by atoms with E-state index in [-0.39, 0.29) is 24.1 Å². The number of carbonyl (C=O) groups excluding carboxylic acids is 1. The molecule has 1 aromatic rings. The number of nitrogens with zero attached hydrogens (tertiary/aromatic N) is 1. The molecule has 18 heavy (non-hydrogen) atoms. The summed E-state index contributed by atoms with van der Waals surface area (Å²) in [7, 11) is 3.95. The zero-order valence-corrected chi connectivity index (χ0v) is 13.2. The van der Waals surface area contributed by atoms with Gasteiger partial charge in [0.15, 0.2) is 5.78 Å². The molecule has 0 aliphatic carbocycles. The van der Waals surface area contributed by atoms with Crippen molar-refractivity contribution >= 4 is 53.2 Å². The fraction of sp³-hybridized carbons (Fsp3) is 0.417. The molecule has 1 aromatic carbocycles. The summed E-state index contributed by atoms with van der Waals surface area (Å²) < 4.78 is 0. The van der Waals surface area contributed by atoms with Gasteiger partial charge in [-0.2, -0.15) is 0 Å². The van der Waals surface area contributed by atoms with Crippen LogP contribution in [0.15, 0.2) is 17.0 Å². The molecule has 0 fully saturated rings. The minimum atomic E-state index is 0. The minimum Gasteiger partial charge on any atom is -0.309 e. The summed E-state index contributed by atoms with van der Waals surface area (Å²) in [6, 6.07) is 3.48. The number of fused-ring (bicyclic) bond motifs is 1. The predicted octanol–water partition coefficient (Wildman–Crippen LogP) is 3.88. The third-order valence-corrected chi connectivity index (χ3v) is 4.62. The molecule has 0 saturated carbocycles. The van der Waals surface area contributed by atoms with Gasteiger partial charge in [-0.1, -0.05) is 23.2 Å². The van der Waals surface area contributed by atoms with E-state index in [0.717, 1.165) is 17.2 Å². The number of rotatable bonds is 2. The summed E-state index contributed by atoms with van der Waals surface area (Å²) in [6.07, 6.45) is 0. The van der Waals surface area contributed by atoms with Gasteiger partial charge in [-0.05, 0) is 26.2 Å². The molecular formula is C12H14Cl3NOS. The van der Waals surface area contributed by atoms with Crippen LogP contribution in [0.1, 0.15) is 10.4 Å². The SMILES string of the molecule is CN(C)CC1CSc2cc(Cl)c(Cl)cc2C1=O.Cl. The highest BCUT2D eigenvalue weighted by atomic mass is 35.5. The van der Waals surface area contributed by atoms with Crippen molar-refractivity contribution in [2.24, 2.45) is 5.92 Å². The van der Waals surface area contributed by atoms with Crippen molar-refractivity contribution in [1.29, 1.82) is 0 Å². The van der Waals surface area contributed by atoms with Crippen molar-refractivity contribution in [1.82, 2.24) is 4.90 Å². The Balaban J connectivity index is 0.00000162. The van der Waals surface area contributed by atoms with Crippen LogP contribution in [0.5, 0.6) is 0 Å². The van der Waals surface area contributed by atoms with E-state index in [4.69, 9.17) is 23.2 Å². The van der Waals surface area contributed by atoms with Gasteiger partial charge in [-0.15, -0.1) is 24.2 Å². The molecule has 1 unspecified atom stereocenters. The van der Waals surface area contributed by atoms with Crippen molar-refractivity contribution in [2.45, 2.75) is 4.90 Å². The number of hydrogen-bond acceptors (Lipinski definition) is 3. The lowest BCUT2D eigenvalue weighted by atomic mass is 9.98. The molecule has 0 N–H and O–H groups in total. The van der Waals surface area contributed by atoms with Gasteiger partial charge in [-0.25, -0.2) is 0 Å². The lowest BCUT2D eigenvalue weighted by molar-refractivity contribution is 0.0907. The van der Waals surface area contributed by atoms with E-state index >= 15 is 0 Å². The number of carbonyl (C=O) groups is 1. The van der Waals surface area contributed by atoms with Crippen LogP contribution in [0.25, 0.3) is 0 Å². The van der Waals surface area contributed by atoms with Crippen LogP contribution in [-0.4, -0.2) is 37.1 Å². The van der Waals surface area contributed by atoms with Crippen molar-refractivity contribution in [3.63, 3.8) is 0 Å². The molecule has 0 saturated heterocycles. The first-order valence-electron chi connectivity index (χ1n) is 5.30. The Kier molecular flexibility index (Phi) is 5.81. The largest absolute Gasteiger partial charge is 0.309 e. The lowest BCUT2D eigenvalue weighted by Gasteiger charge is -2.25. The lowest BCUT2D eigenvalue weighted by Crippen LogP contribution is -2.32. The molecule has 0 bridgehead atoms. The molecule has 2 nitrogen and oxygen atoms in total. The zero-order valence-electron chi connectivity index (χ0n) is 10.1. The van der Waals surface area contributed by atoms with Crippen molar-refractivity contribution in [2.75, 3.05) is 26.4 Å². The standard InChI is InChI=1S/C12H13Cl2NOS.ClH/c1-15(2)5-7-6-17-11-4-10(14)9(13)3-8(11)12(7)16;/h3-4,7H,5-6H2,1-2H3;1H. The van der Waals surface area contributed by atoms with Crippen LogP contribution in [0.3, 0.4) is 0 Å². The van der Waals surface area contributed by atoms with E-state index in [1.165, 1.54) is 0 Å². The second-order valence-corrected chi connectivity index (χ2v) is 6.27. The molecule has 0 amide bonds. The van der Waals surface area contributed by atoms with E-state index in [0.29, 0.717) is 15.6 Å². The first-order valence-corrected chi connectivity index (χ1v) is 7.04. The number of Topliss-reactive ketones (excluding diaryl/α,β-unsaturated/α-hetero) is 1. The highest BCUT2D eigenvalue weighted by Crippen LogP contribution is 2.37. The smallest absolute Gasteiger partial charge is 0.169 e. The quantitative estimate of drug-likeness (QED) is 0.822. The van der Waals surface area contributed by atoms with Crippen LogP contribution in [-0.2, 0) is 0 Å². The van der Waals surface area contributed by atoms with Crippen LogP contribution in [0.4, 0.5) is 0 Å². The molecule has 1 aliphatic rings. The maximum absolute atomic E-state index is 12.3. The normalized spacial score (nSPS) is 18.5. The average molecular weight is 327 g/mol. The second-order valence-electron chi connectivity index (χ2n) is 4.40. The maximum atomic E-state index is 12.3. The van der Waals surface area contributed by atoms with Gasteiger partial charge < -0.3 is 4.90 Å². The van der Waals surface area contributed by atoms with E-state index < -0.39 is 0 Å². The molecule has 0 aromatic heterocycles. The van der Waals surface area contributed by atoms with Crippen LogP contribution >= 0.6 is 47.4 Å². The van der Waals surface area contributed by atoms with Gasteiger partial charge in [0.2, 0.25) is 0 Å². The van der Waals surface area contributed by atoms with Crippen LogP contribution in [0.2, 0.25) is 10.0 Å². The number of thioether (sulfide) groups is 1. The van der Waals surface area contributed by atoms with Crippen LogP contribution in [0, 0.1) is 5.92 Å². The van der Waals surface area contributed by atoms with E-state index in [1.807, 2.05) is 19.0 Å². The van der Waals surface area contributed by atoms with Gasteiger partial charge in [0.05, 0.1) is 10.0 Å². The highest BCUT2D eigenvalue weighted by Gasteiger charge is 2.29. The Labute approximate surface area is 127 Å². The number of hydrogen-bond donors (Lipinski definition) is 0. The van der Waals surface area contributed by atoms with Crippen molar-refractivity contribution in [3.05, 3.63) is 27.7 Å². The van der Waals surface area contributed by atoms with Gasteiger partial charge in [0, 0.05) is 28.7 Å². The Morgan fingerprint density at radius 3 is 2.56 bits per heavy atom. The summed E-state index contributed by atoms with van der Waals surface area (Å²) in [5.41, 5.74) is 0.711. The first kappa shape index (κ1) is 16.1. The maximum Gasteiger partial charge on any atom is 0.169 e. The van der Waals surface area contributed by atoms with Gasteiger partial charge in [0.1, 0.15) is 0 Å². The monoisotopic (exact) mass is 325 g/mol. The Morgan fingerprint density at radius 2 is 1.94 bits per heavy atom. The van der Waals surface area contributed by atoms with Crippen LogP contribution < -0.4 is 0 Å². The van der Waals surface area contributed by atoms with E-state index in [1.54, 1.807) is 23.9 Å². The topological polar surface area (TPSA) is 20.3 Å². The van der Waals surface area contributed by atoms with Gasteiger partial charge >= 0.3 is 0 Å². The third-order valence-electron chi connectivity index (χ3n) is 2.68. The fourth-order valence-corrected chi connectivity index (χ4v) is 3.45. The minimum absolute atomic E-state index is 0. The summed E-state index contributed by atoms with van der Waals surface area (Å²) in [6.45, 7) is 0.769. The Morgan fingerprint density at radius 1 is 1.33 bits per heavy atom. The highest BCUT2D eigenvalue weighted by molar-refractivity contribution is 7.99. The summed E-state index contributed by atoms with van der Waals surface area (Å²) in [4.78, 5) is 15.3. The molecule has 100 valence electrons. The van der Waals surface area contributed by atoms with E-state index in [9.17, 15) is 4.79 Å². The molecule has 0 radical (unpaired) electrons. The molecule has 6 heteroatoms. The third kappa shape index (κ3) is 3.34. The Hall–Kier alpha value is 0.0700. The molecule has 1 heterocycles. The predicted molar refractivity (Wildman–Crippen MR) is 80.8 cm³/mol. The first-order chi connectivity index (χ1) is 7.99. The summed E-state index contributed by atoms with van der Waals surface area (Å²) in [5, 5.41) is 0.960. The van der Waals surface area contributed by atoms with Crippen molar-refractivity contribution < 1.29 is 4.79 Å². The number of halogens is 3. The second kappa shape index (κ2) is 6.49. The van der Waals surface area contributed by atoms with E-state index in [2.05, 4.69) is 0 Å². The summed E-state index contributed by atoms with van der Waals surface area (Å²) in [5.74, 6) is 1.02. The van der Waals surface area contributed by atoms with Crippen molar-refractivity contribution in [3.8, 4) is 0 Å². The molecule has 2 rings (SSSR count). The Bertz CT molecular complexity index is 465. The average Bonchev–Trinajstić information content (AvgIpc) is 2.25. The van der Waals surface area contributed by atoms with Gasteiger partial charge in [0.25, 0.3) is 0 Å². The van der Waals surface area contributed by atoms with Gasteiger partial charge in [-0.3, -0.25) is 4.79 Å². The number of ketones is 1. The summed E-state index contributed by atoms with van der Waals surface area (Å²) >= 11 is 13.6. The number of benzene rings is 1. The molecular weight excluding hydrogens is 313 g/mol. The molecule has 1 aliphatic heterocycles. The molecule has 0 spiro atoms.